The Hall–Kier alpha value is -2.34. The summed E-state index contributed by atoms with van der Waals surface area (Å²) in [5.41, 5.74) is 1.09. The molecule has 1 unspecified atom stereocenters. The van der Waals surface area contributed by atoms with Gasteiger partial charge in [0.25, 0.3) is 5.91 Å². The van der Waals surface area contributed by atoms with Crippen LogP contribution in [0.2, 0.25) is 0 Å². The van der Waals surface area contributed by atoms with Crippen LogP contribution in [0.25, 0.3) is 0 Å². The summed E-state index contributed by atoms with van der Waals surface area (Å²) in [7, 11) is 0. The second-order valence-electron chi connectivity index (χ2n) is 5.56. The predicted molar refractivity (Wildman–Crippen MR) is 87.5 cm³/mol. The first-order valence-electron chi connectivity index (χ1n) is 7.76. The van der Waals surface area contributed by atoms with Crippen molar-refractivity contribution in [2.24, 2.45) is 0 Å². The molecular formula is C17H23N3O3. The number of imidazole rings is 1. The molecule has 6 nitrogen and oxygen atoms in total. The van der Waals surface area contributed by atoms with Gasteiger partial charge >= 0.3 is 0 Å². The van der Waals surface area contributed by atoms with E-state index in [-0.39, 0.29) is 18.6 Å². The van der Waals surface area contributed by atoms with Crippen LogP contribution >= 0.6 is 0 Å². The third kappa shape index (κ3) is 4.82. The summed E-state index contributed by atoms with van der Waals surface area (Å²) in [5.74, 6) is 1.17. The average molecular weight is 317 g/mol. The van der Waals surface area contributed by atoms with E-state index >= 15 is 0 Å². The first kappa shape index (κ1) is 17.0. The van der Waals surface area contributed by atoms with Crippen molar-refractivity contribution in [2.45, 2.75) is 39.4 Å². The number of H-pyrrole nitrogens is 1. The van der Waals surface area contributed by atoms with E-state index in [4.69, 9.17) is 4.74 Å². The Balaban J connectivity index is 1.93. The lowest BCUT2D eigenvalue weighted by molar-refractivity contribution is 0.0911. The lowest BCUT2D eigenvalue weighted by atomic mass is 10.1. The van der Waals surface area contributed by atoms with E-state index in [1.807, 2.05) is 32.9 Å². The van der Waals surface area contributed by atoms with E-state index < -0.39 is 6.10 Å². The molecule has 23 heavy (non-hydrogen) atoms. The van der Waals surface area contributed by atoms with E-state index in [9.17, 15) is 9.90 Å². The molecule has 0 aliphatic heterocycles. The lowest BCUT2D eigenvalue weighted by Crippen LogP contribution is -2.28. The summed E-state index contributed by atoms with van der Waals surface area (Å²) >= 11 is 0. The molecule has 0 aliphatic rings. The molecule has 3 N–H and O–H groups in total. The first-order valence-corrected chi connectivity index (χ1v) is 7.76. The standard InChI is InChI=1S/C17H23N3O3/c1-4-16-18-9-14(20-16)17(22)19-10-15(21)12-6-5-7-13(8-12)23-11(2)3/h5-9,11,15,21H,4,10H2,1-3H3,(H,18,20)(H,19,22). The molecule has 2 rings (SSSR count). The normalized spacial score (nSPS) is 12.2. The van der Waals surface area contributed by atoms with E-state index in [1.165, 1.54) is 6.20 Å². The summed E-state index contributed by atoms with van der Waals surface area (Å²) in [6, 6.07) is 7.24. The van der Waals surface area contributed by atoms with Crippen LogP contribution in [0.15, 0.2) is 30.5 Å². The van der Waals surface area contributed by atoms with Crippen molar-refractivity contribution in [3.05, 3.63) is 47.5 Å². The SMILES string of the molecule is CCc1ncc(C(=O)NCC(O)c2cccc(OC(C)C)c2)[nH]1. The highest BCUT2D eigenvalue weighted by Crippen LogP contribution is 2.20. The fraction of sp³-hybridized carbons (Fsp3) is 0.412. The van der Waals surface area contributed by atoms with Crippen LogP contribution in [0, 0.1) is 0 Å². The van der Waals surface area contributed by atoms with Crippen LogP contribution in [-0.4, -0.2) is 33.6 Å². The molecule has 0 spiro atoms. The third-order valence-electron chi connectivity index (χ3n) is 3.28. The number of aliphatic hydroxyl groups excluding tert-OH is 1. The van der Waals surface area contributed by atoms with Crippen LogP contribution in [-0.2, 0) is 6.42 Å². The van der Waals surface area contributed by atoms with Crippen LogP contribution in [0.5, 0.6) is 5.75 Å². The third-order valence-corrected chi connectivity index (χ3v) is 3.28. The largest absolute Gasteiger partial charge is 0.491 e. The van der Waals surface area contributed by atoms with Crippen molar-refractivity contribution < 1.29 is 14.6 Å². The number of nitrogens with zero attached hydrogens (tertiary/aromatic N) is 1. The zero-order valence-corrected chi connectivity index (χ0v) is 13.7. The number of benzene rings is 1. The molecular weight excluding hydrogens is 294 g/mol. The Bertz CT molecular complexity index is 652. The van der Waals surface area contributed by atoms with Crippen LogP contribution < -0.4 is 10.1 Å². The molecule has 0 aliphatic carbocycles. The molecule has 1 atom stereocenters. The fourth-order valence-corrected chi connectivity index (χ4v) is 2.13. The molecule has 124 valence electrons. The molecule has 1 amide bonds. The van der Waals surface area contributed by atoms with E-state index in [0.717, 1.165) is 12.2 Å². The number of aryl methyl sites for hydroxylation is 1. The van der Waals surface area contributed by atoms with Crippen LogP contribution in [0.3, 0.4) is 0 Å². The van der Waals surface area contributed by atoms with E-state index in [1.54, 1.807) is 12.1 Å². The van der Waals surface area contributed by atoms with Gasteiger partial charge in [-0.2, -0.15) is 0 Å². The summed E-state index contributed by atoms with van der Waals surface area (Å²) < 4.78 is 5.60. The Morgan fingerprint density at radius 3 is 2.87 bits per heavy atom. The Labute approximate surface area is 135 Å². The number of hydrogen-bond donors (Lipinski definition) is 3. The Kier molecular flexibility index (Phi) is 5.76. The van der Waals surface area contributed by atoms with Crippen molar-refractivity contribution in [3.8, 4) is 5.75 Å². The molecule has 0 saturated heterocycles. The highest BCUT2D eigenvalue weighted by Gasteiger charge is 2.13. The second kappa shape index (κ2) is 7.78. The molecule has 6 heteroatoms. The number of aromatic nitrogens is 2. The predicted octanol–water partition coefficient (Wildman–Crippen LogP) is 2.22. The quantitative estimate of drug-likeness (QED) is 0.731. The van der Waals surface area contributed by atoms with Crippen molar-refractivity contribution in [1.82, 2.24) is 15.3 Å². The molecule has 1 aromatic carbocycles. The molecule has 0 bridgehead atoms. The number of hydrogen-bond acceptors (Lipinski definition) is 4. The zero-order valence-electron chi connectivity index (χ0n) is 13.7. The monoisotopic (exact) mass is 317 g/mol. The van der Waals surface area contributed by atoms with Crippen LogP contribution in [0.4, 0.5) is 0 Å². The van der Waals surface area contributed by atoms with Crippen molar-refractivity contribution in [1.29, 1.82) is 0 Å². The summed E-state index contributed by atoms with van der Waals surface area (Å²) in [4.78, 5) is 19.0. The number of carbonyl (C=O) groups is 1. The molecule has 0 saturated carbocycles. The number of aliphatic hydroxyl groups is 1. The minimum atomic E-state index is -0.803. The van der Waals surface area contributed by atoms with Gasteiger partial charge in [0.15, 0.2) is 0 Å². The van der Waals surface area contributed by atoms with E-state index in [2.05, 4.69) is 15.3 Å². The van der Waals surface area contributed by atoms with Gasteiger partial charge in [-0.15, -0.1) is 0 Å². The highest BCUT2D eigenvalue weighted by atomic mass is 16.5. The highest BCUT2D eigenvalue weighted by molar-refractivity contribution is 5.92. The minimum absolute atomic E-state index is 0.0650. The number of nitrogens with one attached hydrogen (secondary N) is 2. The summed E-state index contributed by atoms with van der Waals surface area (Å²) in [6.07, 6.45) is 1.49. The Morgan fingerprint density at radius 1 is 1.43 bits per heavy atom. The first-order chi connectivity index (χ1) is 11.0. The topological polar surface area (TPSA) is 87.2 Å². The van der Waals surface area contributed by atoms with Crippen LogP contribution in [0.1, 0.15) is 48.8 Å². The van der Waals surface area contributed by atoms with Gasteiger partial charge in [-0.1, -0.05) is 19.1 Å². The second-order valence-corrected chi connectivity index (χ2v) is 5.56. The van der Waals surface area contributed by atoms with Crippen molar-refractivity contribution >= 4 is 5.91 Å². The maximum Gasteiger partial charge on any atom is 0.269 e. The smallest absolute Gasteiger partial charge is 0.269 e. The zero-order chi connectivity index (χ0) is 16.8. The molecule has 1 heterocycles. The number of carbonyl (C=O) groups excluding carboxylic acids is 1. The lowest BCUT2D eigenvalue weighted by Gasteiger charge is -2.15. The van der Waals surface area contributed by atoms with Gasteiger partial charge in [0.05, 0.1) is 18.4 Å². The van der Waals surface area contributed by atoms with Gasteiger partial charge in [0.2, 0.25) is 0 Å². The van der Waals surface area contributed by atoms with Crippen molar-refractivity contribution in [3.63, 3.8) is 0 Å². The fourth-order valence-electron chi connectivity index (χ4n) is 2.13. The molecule has 1 aromatic heterocycles. The average Bonchev–Trinajstić information content (AvgIpc) is 3.01. The van der Waals surface area contributed by atoms with Crippen molar-refractivity contribution in [2.75, 3.05) is 6.54 Å². The van der Waals surface area contributed by atoms with Gasteiger partial charge in [-0.25, -0.2) is 4.98 Å². The van der Waals surface area contributed by atoms with Gasteiger partial charge in [0.1, 0.15) is 17.3 Å². The van der Waals surface area contributed by atoms with E-state index in [0.29, 0.717) is 17.0 Å². The maximum atomic E-state index is 12.0. The number of ether oxygens (including phenoxy) is 1. The molecule has 0 radical (unpaired) electrons. The number of rotatable bonds is 7. The van der Waals surface area contributed by atoms with Gasteiger partial charge in [0, 0.05) is 13.0 Å². The maximum absolute atomic E-state index is 12.0. The summed E-state index contributed by atoms with van der Waals surface area (Å²) in [6.45, 7) is 5.96. The Morgan fingerprint density at radius 2 is 2.22 bits per heavy atom. The van der Waals surface area contributed by atoms with Gasteiger partial charge in [-0.05, 0) is 31.5 Å². The number of amides is 1. The number of aromatic amines is 1. The molecule has 2 aromatic rings. The van der Waals surface area contributed by atoms with Gasteiger partial charge < -0.3 is 20.1 Å². The summed E-state index contributed by atoms with van der Waals surface area (Å²) in [5, 5.41) is 12.9. The molecule has 0 fully saturated rings. The minimum Gasteiger partial charge on any atom is -0.491 e. The van der Waals surface area contributed by atoms with Gasteiger partial charge in [-0.3, -0.25) is 4.79 Å².